The molecule has 8 nitrogen and oxygen atoms in total. The Bertz CT molecular complexity index is 1650. The third-order valence-corrected chi connectivity index (χ3v) is 6.05. The molecule has 0 saturated heterocycles. The summed E-state index contributed by atoms with van der Waals surface area (Å²) in [7, 11) is 0. The van der Waals surface area contributed by atoms with Gasteiger partial charge in [-0.05, 0) is 41.8 Å². The van der Waals surface area contributed by atoms with E-state index in [9.17, 15) is 45.4 Å². The van der Waals surface area contributed by atoms with Crippen LogP contribution >= 0.6 is 0 Å². The molecule has 2 aromatic heterocycles. The van der Waals surface area contributed by atoms with E-state index in [1.165, 1.54) is 0 Å². The molecule has 2 aromatic carbocycles. The van der Waals surface area contributed by atoms with Crippen molar-refractivity contribution < 1.29 is 45.4 Å². The number of hydrogen-bond donors (Lipinski definition) is 3. The van der Waals surface area contributed by atoms with Gasteiger partial charge in [-0.25, -0.2) is 22.1 Å². The van der Waals surface area contributed by atoms with Gasteiger partial charge >= 0.3 is 6.36 Å². The lowest BCUT2D eigenvalue weighted by Gasteiger charge is -2.27. The Morgan fingerprint density at radius 3 is 2.32 bits per heavy atom. The Labute approximate surface area is 226 Å². The van der Waals surface area contributed by atoms with Crippen molar-refractivity contribution in [2.75, 3.05) is 6.61 Å². The summed E-state index contributed by atoms with van der Waals surface area (Å²) in [6.07, 6.45) is -4.06. The number of amides is 1. The third kappa shape index (κ3) is 6.19. The molecule has 1 atom stereocenters. The molecule has 0 unspecified atom stereocenters. The molecule has 0 saturated carbocycles. The van der Waals surface area contributed by atoms with Gasteiger partial charge < -0.3 is 20.1 Å². The van der Waals surface area contributed by atoms with Gasteiger partial charge in [-0.1, -0.05) is 26.0 Å². The van der Waals surface area contributed by atoms with E-state index in [1.54, 1.807) is 13.8 Å². The van der Waals surface area contributed by atoms with E-state index in [0.29, 0.717) is 12.1 Å². The normalized spacial score (nSPS) is 13.0. The molecule has 3 N–H and O–H groups in total. The lowest BCUT2D eigenvalue weighted by Crippen LogP contribution is -2.43. The Kier molecular flexibility index (Phi) is 7.85. The van der Waals surface area contributed by atoms with Gasteiger partial charge in [0.1, 0.15) is 24.0 Å². The number of nitrogens with zero attached hydrogens (tertiary/aromatic N) is 2. The van der Waals surface area contributed by atoms with E-state index in [2.05, 4.69) is 20.1 Å². The van der Waals surface area contributed by atoms with E-state index in [-0.39, 0.29) is 33.6 Å². The van der Waals surface area contributed by atoms with Crippen LogP contribution in [0.4, 0.5) is 30.7 Å². The first kappa shape index (κ1) is 29.6. The number of aromatic amines is 1. The average molecular weight is 586 g/mol. The lowest BCUT2D eigenvalue weighted by atomic mass is 9.97. The molecule has 0 fully saturated rings. The number of H-pyrrole nitrogens is 1. The molecule has 0 spiro atoms. The first-order chi connectivity index (χ1) is 19.1. The van der Waals surface area contributed by atoms with Gasteiger partial charge in [-0.3, -0.25) is 9.59 Å². The molecule has 2 heterocycles. The zero-order chi connectivity index (χ0) is 30.3. The second kappa shape index (κ2) is 10.9. The predicted octanol–water partition coefficient (Wildman–Crippen LogP) is 5.09. The Balaban J connectivity index is 1.77. The molecule has 41 heavy (non-hydrogen) atoms. The van der Waals surface area contributed by atoms with Gasteiger partial charge in [0.2, 0.25) is 0 Å². The van der Waals surface area contributed by atoms with Crippen LogP contribution in [0, 0.1) is 11.6 Å². The maximum absolute atomic E-state index is 14.7. The van der Waals surface area contributed by atoms with Gasteiger partial charge in [0, 0.05) is 17.3 Å². The third-order valence-electron chi connectivity index (χ3n) is 6.05. The smallest absolute Gasteiger partial charge is 0.403 e. The van der Waals surface area contributed by atoms with Crippen molar-refractivity contribution in [3.63, 3.8) is 0 Å². The molecular weight excluding hydrogens is 565 g/mol. The molecule has 0 aliphatic carbocycles. The second-order valence-corrected chi connectivity index (χ2v) is 9.28. The second-order valence-electron chi connectivity index (χ2n) is 9.28. The fraction of sp³-hybridized carbons (Fsp3) is 0.269. The van der Waals surface area contributed by atoms with Crippen molar-refractivity contribution in [2.45, 2.75) is 38.1 Å². The van der Waals surface area contributed by atoms with Crippen LogP contribution in [0.3, 0.4) is 0 Å². The highest BCUT2D eigenvalue weighted by Gasteiger charge is 2.42. The van der Waals surface area contributed by atoms with Crippen LogP contribution in [-0.4, -0.2) is 44.5 Å². The minimum Gasteiger partial charge on any atom is -0.403 e. The lowest BCUT2D eigenvalue weighted by molar-refractivity contribution is -0.275. The highest BCUT2D eigenvalue weighted by molar-refractivity contribution is 5.98. The van der Waals surface area contributed by atoms with Gasteiger partial charge in [-0.2, -0.15) is 0 Å². The number of carbonyl (C=O) groups excluding carboxylic acids is 1. The zero-order valence-corrected chi connectivity index (χ0v) is 21.2. The Hall–Kier alpha value is -4.40. The molecule has 4 aromatic rings. The number of aliphatic hydroxyl groups is 1. The fourth-order valence-electron chi connectivity index (χ4n) is 4.25. The predicted molar refractivity (Wildman–Crippen MR) is 131 cm³/mol. The van der Waals surface area contributed by atoms with Crippen molar-refractivity contribution in [3.05, 3.63) is 87.3 Å². The number of aromatic nitrogens is 3. The van der Waals surface area contributed by atoms with Crippen LogP contribution in [0.15, 0.2) is 53.5 Å². The van der Waals surface area contributed by atoms with Crippen molar-refractivity contribution in [1.82, 2.24) is 19.9 Å². The number of benzene rings is 2. The summed E-state index contributed by atoms with van der Waals surface area (Å²) in [6, 6.07) is 4.12. The van der Waals surface area contributed by atoms with Crippen LogP contribution in [0.1, 0.15) is 47.3 Å². The van der Waals surface area contributed by atoms with Crippen LogP contribution in [0.25, 0.3) is 16.9 Å². The number of nitrogens with one attached hydrogen (secondary N) is 2. The zero-order valence-electron chi connectivity index (χ0n) is 21.2. The van der Waals surface area contributed by atoms with E-state index in [1.807, 2.05) is 0 Å². The number of rotatable bonds is 8. The Morgan fingerprint density at radius 2 is 1.76 bits per heavy atom. The van der Waals surface area contributed by atoms with Gasteiger partial charge in [0.05, 0.1) is 5.56 Å². The average Bonchev–Trinajstić information content (AvgIpc) is 3.29. The first-order valence-corrected chi connectivity index (χ1v) is 11.9. The van der Waals surface area contributed by atoms with Crippen molar-refractivity contribution in [1.29, 1.82) is 0 Å². The Morgan fingerprint density at radius 1 is 1.10 bits per heavy atom. The number of hydrogen-bond acceptors (Lipinski definition) is 5. The largest absolute Gasteiger partial charge is 0.573 e. The van der Waals surface area contributed by atoms with Crippen LogP contribution in [0.2, 0.25) is 0 Å². The minimum atomic E-state index is -5.14. The summed E-state index contributed by atoms with van der Waals surface area (Å²) >= 11 is 0. The summed E-state index contributed by atoms with van der Waals surface area (Å²) in [5.41, 5.74) is -1.40. The highest BCUT2D eigenvalue weighted by atomic mass is 19.4. The summed E-state index contributed by atoms with van der Waals surface area (Å²) in [6.45, 7) is 1.60. The molecule has 0 bridgehead atoms. The molecule has 0 aliphatic rings. The molecule has 0 radical (unpaired) electrons. The SMILES string of the molecule is CC(C)c1c(C(=O)N[C@@H](c2ccc(F)cc2)C(F)(F)CO)cn2nc(-c3ccc(OC(F)(F)F)c(F)c3)[nH]c(=O)c12. The maximum Gasteiger partial charge on any atom is 0.573 e. The number of halogens is 7. The number of aliphatic hydroxyl groups excluding tert-OH is 1. The fourth-order valence-corrected chi connectivity index (χ4v) is 4.25. The quantitative estimate of drug-likeness (QED) is 0.250. The monoisotopic (exact) mass is 586 g/mol. The van der Waals surface area contributed by atoms with Gasteiger partial charge in [0.25, 0.3) is 17.4 Å². The number of fused-ring (bicyclic) bond motifs is 1. The van der Waals surface area contributed by atoms with Gasteiger partial charge in [-0.15, -0.1) is 18.3 Å². The molecule has 218 valence electrons. The van der Waals surface area contributed by atoms with Gasteiger partial charge in [0.15, 0.2) is 17.4 Å². The topological polar surface area (TPSA) is 109 Å². The van der Waals surface area contributed by atoms with Crippen molar-refractivity contribution in [3.8, 4) is 17.1 Å². The first-order valence-electron chi connectivity index (χ1n) is 11.9. The van der Waals surface area contributed by atoms with Crippen molar-refractivity contribution in [2.24, 2.45) is 0 Å². The van der Waals surface area contributed by atoms with E-state index < -0.39 is 59.7 Å². The molecule has 1 amide bonds. The van der Waals surface area contributed by atoms with Crippen LogP contribution in [0.5, 0.6) is 5.75 Å². The van der Waals surface area contributed by atoms with Crippen LogP contribution < -0.4 is 15.6 Å². The summed E-state index contributed by atoms with van der Waals surface area (Å²) < 4.78 is 98.9. The van der Waals surface area contributed by atoms with E-state index >= 15 is 0 Å². The number of alkyl halides is 5. The van der Waals surface area contributed by atoms with E-state index in [4.69, 9.17) is 0 Å². The summed E-state index contributed by atoms with van der Waals surface area (Å²) in [5, 5.41) is 15.5. The van der Waals surface area contributed by atoms with E-state index in [0.717, 1.165) is 41.0 Å². The number of carbonyl (C=O) groups is 1. The van der Waals surface area contributed by atoms with Crippen molar-refractivity contribution >= 4 is 11.4 Å². The molecule has 4 rings (SSSR count). The molecule has 0 aliphatic heterocycles. The molecular formula is C26H21F7N4O4. The minimum absolute atomic E-state index is 0.119. The van der Waals surface area contributed by atoms with Crippen LogP contribution in [-0.2, 0) is 0 Å². The number of ether oxygens (including phenoxy) is 1. The standard InChI is InChI=1S/C26H21F7N4O4/c1-12(2)19-16(23(39)34-21(25(29,30)11-38)13-3-6-15(27)7-4-13)10-37-20(19)24(40)35-22(36-37)14-5-8-18(17(28)9-14)41-26(31,32)33/h3-10,12,21,38H,11H2,1-2H3,(H,34,39)(H,35,36,40)/t21-/m0/s1. The highest BCUT2D eigenvalue weighted by Crippen LogP contribution is 2.33. The molecule has 15 heteroatoms. The summed E-state index contributed by atoms with van der Waals surface area (Å²) in [5.74, 6) is -8.95. The summed E-state index contributed by atoms with van der Waals surface area (Å²) in [4.78, 5) is 28.7. The maximum atomic E-state index is 14.7.